The Morgan fingerprint density at radius 3 is 2.78 bits per heavy atom. The number of aryl methyl sites for hydroxylation is 1. The van der Waals surface area contributed by atoms with Crippen LogP contribution in [0.4, 0.5) is 5.69 Å². The monoisotopic (exact) mass is 252 g/mol. The fourth-order valence-electron chi connectivity index (χ4n) is 1.49. The Morgan fingerprint density at radius 1 is 1.56 bits per heavy atom. The summed E-state index contributed by atoms with van der Waals surface area (Å²) in [6, 6.07) is 4.23. The van der Waals surface area contributed by atoms with Crippen molar-refractivity contribution in [2.45, 2.75) is 6.92 Å². The van der Waals surface area contributed by atoms with Gasteiger partial charge in [-0.15, -0.1) is 0 Å². The molecule has 0 saturated carbocycles. The van der Waals surface area contributed by atoms with E-state index in [1.54, 1.807) is 6.92 Å². The van der Waals surface area contributed by atoms with Gasteiger partial charge in [0.2, 0.25) is 0 Å². The summed E-state index contributed by atoms with van der Waals surface area (Å²) in [6.07, 6.45) is -0.156. The molecule has 0 radical (unpaired) electrons. The van der Waals surface area contributed by atoms with Gasteiger partial charge < -0.3 is 19.6 Å². The van der Waals surface area contributed by atoms with Crippen LogP contribution in [0.25, 0.3) is 5.69 Å². The van der Waals surface area contributed by atoms with Gasteiger partial charge in [-0.2, -0.15) is 4.68 Å². The first-order valence-corrected chi connectivity index (χ1v) is 4.94. The van der Waals surface area contributed by atoms with Crippen LogP contribution in [0.3, 0.4) is 0 Å². The van der Waals surface area contributed by atoms with Crippen LogP contribution in [0.5, 0.6) is 6.08 Å². The first-order chi connectivity index (χ1) is 8.52. The first kappa shape index (κ1) is 12.1. The Balaban J connectivity index is 2.51. The maximum atomic E-state index is 11.5. The minimum atomic E-state index is -0.703. The molecular formula is C10H10N3O5-. The summed E-state index contributed by atoms with van der Waals surface area (Å²) in [5.41, 5.74) is 1.05. The van der Waals surface area contributed by atoms with Crippen molar-refractivity contribution in [1.29, 1.82) is 0 Å². The average Bonchev–Trinajstić information content (AvgIpc) is 2.70. The molecular weight excluding hydrogens is 242 g/mol. The van der Waals surface area contributed by atoms with Crippen LogP contribution >= 0.6 is 0 Å². The molecule has 2 rings (SSSR count). The van der Waals surface area contributed by atoms with Gasteiger partial charge in [-0.3, -0.25) is 5.21 Å². The van der Waals surface area contributed by atoms with E-state index in [9.17, 15) is 10.0 Å². The number of benzene rings is 1. The fourth-order valence-corrected chi connectivity index (χ4v) is 1.49. The van der Waals surface area contributed by atoms with E-state index >= 15 is 0 Å². The Labute approximate surface area is 101 Å². The largest absolute Gasteiger partial charge is 0.733 e. The van der Waals surface area contributed by atoms with Crippen molar-refractivity contribution in [3.05, 3.63) is 39.5 Å². The summed E-state index contributed by atoms with van der Waals surface area (Å²) in [5, 5.41) is 23.0. The van der Waals surface area contributed by atoms with Crippen LogP contribution in [0.2, 0.25) is 0 Å². The minimum absolute atomic E-state index is 0.0553. The average molecular weight is 252 g/mol. The molecule has 1 aromatic heterocycles. The SMILES string of the molecule is COc1nn(-c2ccc(N([O-])O)cc2C)c(=O)o1. The van der Waals surface area contributed by atoms with Crippen molar-refractivity contribution >= 4 is 5.69 Å². The summed E-state index contributed by atoms with van der Waals surface area (Å²) in [6.45, 7) is 1.66. The highest BCUT2D eigenvalue weighted by Crippen LogP contribution is 2.20. The molecule has 0 amide bonds. The van der Waals surface area contributed by atoms with E-state index in [1.807, 2.05) is 0 Å². The molecule has 8 nitrogen and oxygen atoms in total. The van der Waals surface area contributed by atoms with E-state index in [-0.39, 0.29) is 17.0 Å². The van der Waals surface area contributed by atoms with Crippen molar-refractivity contribution in [3.63, 3.8) is 0 Å². The molecule has 96 valence electrons. The third kappa shape index (κ3) is 2.06. The number of aromatic nitrogens is 2. The van der Waals surface area contributed by atoms with Gasteiger partial charge in [0, 0.05) is 0 Å². The van der Waals surface area contributed by atoms with Crippen LogP contribution in [-0.2, 0) is 0 Å². The van der Waals surface area contributed by atoms with Gasteiger partial charge in [0.05, 0.1) is 18.5 Å². The quantitative estimate of drug-likeness (QED) is 0.807. The van der Waals surface area contributed by atoms with E-state index in [0.717, 1.165) is 4.68 Å². The third-order valence-electron chi connectivity index (χ3n) is 2.33. The lowest BCUT2D eigenvalue weighted by Gasteiger charge is -2.22. The van der Waals surface area contributed by atoms with Crippen molar-refractivity contribution in [2.75, 3.05) is 12.3 Å². The zero-order chi connectivity index (χ0) is 13.3. The molecule has 1 heterocycles. The van der Waals surface area contributed by atoms with Gasteiger partial charge in [0.15, 0.2) is 0 Å². The van der Waals surface area contributed by atoms with E-state index in [1.165, 1.54) is 25.3 Å². The lowest BCUT2D eigenvalue weighted by molar-refractivity contribution is 0.282. The summed E-state index contributed by atoms with van der Waals surface area (Å²) in [5.74, 6) is -0.703. The molecule has 8 heteroatoms. The van der Waals surface area contributed by atoms with Crippen LogP contribution in [0.1, 0.15) is 5.56 Å². The van der Waals surface area contributed by atoms with Crippen molar-refractivity contribution in [2.24, 2.45) is 0 Å². The molecule has 0 aliphatic heterocycles. The topological polar surface area (TPSA) is 104 Å². The highest BCUT2D eigenvalue weighted by molar-refractivity contribution is 5.53. The zero-order valence-electron chi connectivity index (χ0n) is 9.65. The van der Waals surface area contributed by atoms with Gasteiger partial charge in [-0.1, -0.05) is 5.10 Å². The predicted octanol–water partition coefficient (Wildman–Crippen LogP) is 0.836. The molecule has 2 aromatic rings. The molecule has 0 atom stereocenters. The summed E-state index contributed by atoms with van der Waals surface area (Å²) in [7, 11) is 1.33. The molecule has 1 aromatic carbocycles. The van der Waals surface area contributed by atoms with E-state index in [2.05, 4.69) is 5.10 Å². The molecule has 1 N–H and O–H groups in total. The van der Waals surface area contributed by atoms with Gasteiger partial charge in [0.1, 0.15) is 0 Å². The highest BCUT2D eigenvalue weighted by atomic mass is 16.8. The number of hydrogen-bond acceptors (Lipinski definition) is 7. The molecule has 0 bridgehead atoms. The van der Waals surface area contributed by atoms with Crippen molar-refractivity contribution in [1.82, 2.24) is 9.78 Å². The van der Waals surface area contributed by atoms with E-state index < -0.39 is 5.76 Å². The Kier molecular flexibility index (Phi) is 3.04. The van der Waals surface area contributed by atoms with Gasteiger partial charge in [-0.05, 0) is 30.7 Å². The fraction of sp³-hybridized carbons (Fsp3) is 0.200. The minimum Gasteiger partial charge on any atom is -0.733 e. The van der Waals surface area contributed by atoms with Crippen LogP contribution in [0.15, 0.2) is 27.4 Å². The Morgan fingerprint density at radius 2 is 2.28 bits per heavy atom. The number of nitrogens with zero attached hydrogens (tertiary/aromatic N) is 3. The van der Waals surface area contributed by atoms with Crippen molar-refractivity contribution < 1.29 is 14.4 Å². The predicted molar refractivity (Wildman–Crippen MR) is 61.0 cm³/mol. The third-order valence-corrected chi connectivity index (χ3v) is 2.33. The zero-order valence-corrected chi connectivity index (χ0v) is 9.65. The second kappa shape index (κ2) is 4.51. The smallest absolute Gasteiger partial charge is 0.444 e. The summed E-state index contributed by atoms with van der Waals surface area (Å²) in [4.78, 5) is 11.5. The number of ether oxygens (including phenoxy) is 1. The van der Waals surface area contributed by atoms with Crippen LogP contribution in [-0.4, -0.2) is 22.1 Å². The second-order valence-corrected chi connectivity index (χ2v) is 3.49. The first-order valence-electron chi connectivity index (χ1n) is 4.94. The van der Waals surface area contributed by atoms with Crippen LogP contribution in [0, 0.1) is 12.1 Å². The molecule has 0 aliphatic carbocycles. The van der Waals surface area contributed by atoms with Gasteiger partial charge in [0.25, 0.3) is 0 Å². The molecule has 0 fully saturated rings. The van der Waals surface area contributed by atoms with Gasteiger partial charge in [-0.25, -0.2) is 4.79 Å². The molecule has 0 saturated heterocycles. The summed E-state index contributed by atoms with van der Waals surface area (Å²) >= 11 is 0. The standard InChI is InChI=1S/C10H10N3O5/c1-6-5-7(13(15)16)3-4-8(6)12-10(14)18-9(11-12)17-2/h3-5,15H,1-2H3/q-1. The summed E-state index contributed by atoms with van der Waals surface area (Å²) < 4.78 is 10.4. The number of rotatable bonds is 3. The molecule has 0 unspecified atom stereocenters. The molecule has 0 aliphatic rings. The second-order valence-electron chi connectivity index (χ2n) is 3.49. The Bertz CT molecular complexity index is 616. The number of anilines is 1. The maximum absolute atomic E-state index is 11.5. The highest BCUT2D eigenvalue weighted by Gasteiger charge is 2.12. The number of methoxy groups -OCH3 is 1. The number of hydrogen-bond donors (Lipinski definition) is 1. The normalized spacial score (nSPS) is 10.4. The Hall–Kier alpha value is -2.32. The molecule has 18 heavy (non-hydrogen) atoms. The molecule has 0 spiro atoms. The maximum Gasteiger partial charge on any atom is 0.444 e. The van der Waals surface area contributed by atoms with Crippen molar-refractivity contribution in [3.8, 4) is 11.8 Å². The van der Waals surface area contributed by atoms with Crippen LogP contribution < -0.4 is 15.7 Å². The van der Waals surface area contributed by atoms with E-state index in [4.69, 9.17) is 14.4 Å². The van der Waals surface area contributed by atoms with Gasteiger partial charge >= 0.3 is 11.8 Å². The van der Waals surface area contributed by atoms with E-state index in [0.29, 0.717) is 11.3 Å². The lowest BCUT2D eigenvalue weighted by Crippen LogP contribution is -2.15. The lowest BCUT2D eigenvalue weighted by atomic mass is 10.2.